The van der Waals surface area contributed by atoms with E-state index in [1.54, 1.807) is 46.4 Å². The molecule has 7 heteroatoms. The number of benzene rings is 2. The van der Waals surface area contributed by atoms with Crippen LogP contribution in [0, 0.1) is 11.3 Å². The van der Waals surface area contributed by atoms with Crippen molar-refractivity contribution >= 4 is 17.6 Å². The fraction of sp³-hybridized carbons (Fsp3) is 0.240. The van der Waals surface area contributed by atoms with Crippen LogP contribution in [0.5, 0.6) is 0 Å². The van der Waals surface area contributed by atoms with Crippen LogP contribution < -0.4 is 5.32 Å². The molecule has 0 saturated heterocycles. The summed E-state index contributed by atoms with van der Waals surface area (Å²) in [6.07, 6.45) is 3.32. The van der Waals surface area contributed by atoms with Crippen LogP contribution in [-0.2, 0) is 17.9 Å². The molecular formula is C25H24N4O3. The number of anilines is 1. The van der Waals surface area contributed by atoms with Gasteiger partial charge in [-0.1, -0.05) is 36.4 Å². The first-order valence-corrected chi connectivity index (χ1v) is 10.5. The number of rotatable bonds is 8. The van der Waals surface area contributed by atoms with Crippen molar-refractivity contribution in [2.45, 2.75) is 32.0 Å². The van der Waals surface area contributed by atoms with E-state index in [-0.39, 0.29) is 24.5 Å². The summed E-state index contributed by atoms with van der Waals surface area (Å²) in [6.45, 7) is 0.720. The molecule has 3 aromatic rings. The highest BCUT2D eigenvalue weighted by atomic mass is 16.3. The van der Waals surface area contributed by atoms with Crippen molar-refractivity contribution in [3.63, 3.8) is 0 Å². The van der Waals surface area contributed by atoms with Crippen molar-refractivity contribution in [3.05, 3.63) is 89.9 Å². The average molecular weight is 428 g/mol. The molecule has 1 aromatic heterocycles. The summed E-state index contributed by atoms with van der Waals surface area (Å²) in [4.78, 5) is 29.5. The van der Waals surface area contributed by atoms with Gasteiger partial charge in [0.25, 0.3) is 0 Å². The van der Waals surface area contributed by atoms with E-state index in [4.69, 9.17) is 9.68 Å². The van der Waals surface area contributed by atoms with Crippen LogP contribution in [0.4, 0.5) is 10.5 Å². The summed E-state index contributed by atoms with van der Waals surface area (Å²) < 4.78 is 5.45. The molecule has 0 radical (unpaired) electrons. The monoisotopic (exact) mass is 428 g/mol. The summed E-state index contributed by atoms with van der Waals surface area (Å²) in [6, 6.07) is 21.9. The van der Waals surface area contributed by atoms with E-state index in [1.165, 1.54) is 0 Å². The fourth-order valence-electron chi connectivity index (χ4n) is 3.49. The molecule has 1 aliphatic rings. The lowest BCUT2D eigenvalue weighted by Gasteiger charge is -2.27. The average Bonchev–Trinajstić information content (AvgIpc) is 3.52. The summed E-state index contributed by atoms with van der Waals surface area (Å²) in [5.74, 6) is 0.531. The molecule has 0 spiro atoms. The Morgan fingerprint density at radius 2 is 1.84 bits per heavy atom. The SMILES string of the molecule is N#Cc1cccc(NC(=O)N(CC(=O)N(Cc2ccccc2)Cc2ccco2)C2CC2)c1. The van der Waals surface area contributed by atoms with Crippen LogP contribution in [-0.4, -0.2) is 34.3 Å². The Hall–Kier alpha value is -4.05. The number of nitriles is 1. The maximum Gasteiger partial charge on any atom is 0.322 e. The molecule has 162 valence electrons. The third kappa shape index (κ3) is 5.55. The van der Waals surface area contributed by atoms with Gasteiger partial charge in [0.1, 0.15) is 12.3 Å². The van der Waals surface area contributed by atoms with Gasteiger partial charge in [0.15, 0.2) is 0 Å². The lowest BCUT2D eigenvalue weighted by atomic mass is 10.2. The number of carbonyl (C=O) groups is 2. The lowest BCUT2D eigenvalue weighted by molar-refractivity contribution is -0.133. The second kappa shape index (κ2) is 9.84. The first-order valence-electron chi connectivity index (χ1n) is 10.5. The van der Waals surface area contributed by atoms with Crippen LogP contribution in [0.3, 0.4) is 0 Å². The van der Waals surface area contributed by atoms with E-state index >= 15 is 0 Å². The second-order valence-corrected chi connectivity index (χ2v) is 7.80. The first-order chi connectivity index (χ1) is 15.6. The van der Waals surface area contributed by atoms with E-state index in [1.807, 2.05) is 36.4 Å². The third-order valence-electron chi connectivity index (χ3n) is 5.29. The largest absolute Gasteiger partial charge is 0.467 e. The third-order valence-corrected chi connectivity index (χ3v) is 5.29. The molecule has 2 aromatic carbocycles. The highest BCUT2D eigenvalue weighted by Crippen LogP contribution is 2.28. The molecule has 1 N–H and O–H groups in total. The molecule has 3 amide bonds. The van der Waals surface area contributed by atoms with Gasteiger partial charge < -0.3 is 19.5 Å². The van der Waals surface area contributed by atoms with Gasteiger partial charge in [-0.2, -0.15) is 5.26 Å². The molecule has 4 rings (SSSR count). The number of nitrogens with one attached hydrogen (secondary N) is 1. The van der Waals surface area contributed by atoms with Crippen molar-refractivity contribution in [2.24, 2.45) is 0 Å². The van der Waals surface area contributed by atoms with Gasteiger partial charge >= 0.3 is 6.03 Å². The molecule has 0 atom stereocenters. The Kier molecular flexibility index (Phi) is 6.52. The van der Waals surface area contributed by atoms with Gasteiger partial charge in [-0.3, -0.25) is 4.79 Å². The number of carbonyl (C=O) groups excluding carboxylic acids is 2. The number of nitrogens with zero attached hydrogens (tertiary/aromatic N) is 3. The Labute approximate surface area is 186 Å². The minimum Gasteiger partial charge on any atom is -0.467 e. The summed E-state index contributed by atoms with van der Waals surface area (Å²) in [5.41, 5.74) is 2.00. The van der Waals surface area contributed by atoms with E-state index < -0.39 is 0 Å². The number of urea groups is 1. The van der Waals surface area contributed by atoms with Gasteiger partial charge in [0.05, 0.1) is 24.4 Å². The van der Waals surface area contributed by atoms with Crippen molar-refractivity contribution < 1.29 is 14.0 Å². The Balaban J connectivity index is 1.47. The fourth-order valence-corrected chi connectivity index (χ4v) is 3.49. The van der Waals surface area contributed by atoms with Crippen molar-refractivity contribution in [3.8, 4) is 6.07 Å². The van der Waals surface area contributed by atoms with Crippen LogP contribution in [0.1, 0.15) is 29.7 Å². The predicted octanol–water partition coefficient (Wildman–Crippen LogP) is 4.38. The van der Waals surface area contributed by atoms with Crippen LogP contribution in [0.2, 0.25) is 0 Å². The molecule has 0 unspecified atom stereocenters. The summed E-state index contributed by atoms with van der Waals surface area (Å²) >= 11 is 0. The quantitative estimate of drug-likeness (QED) is 0.577. The topological polar surface area (TPSA) is 89.6 Å². The van der Waals surface area contributed by atoms with Crippen molar-refractivity contribution in [1.82, 2.24) is 9.80 Å². The van der Waals surface area contributed by atoms with Gasteiger partial charge in [-0.05, 0) is 48.7 Å². The Bertz CT molecular complexity index is 1100. The maximum absolute atomic E-state index is 13.3. The zero-order valence-corrected chi connectivity index (χ0v) is 17.6. The zero-order chi connectivity index (χ0) is 22.3. The molecule has 1 heterocycles. The molecule has 0 bridgehead atoms. The number of hydrogen-bond donors (Lipinski definition) is 1. The molecule has 32 heavy (non-hydrogen) atoms. The van der Waals surface area contributed by atoms with Gasteiger partial charge in [0.2, 0.25) is 5.91 Å². The highest BCUT2D eigenvalue weighted by molar-refractivity contribution is 5.93. The molecule has 1 aliphatic carbocycles. The van der Waals surface area contributed by atoms with E-state index in [0.29, 0.717) is 30.1 Å². The zero-order valence-electron chi connectivity index (χ0n) is 17.6. The second-order valence-electron chi connectivity index (χ2n) is 7.80. The predicted molar refractivity (Wildman–Crippen MR) is 119 cm³/mol. The van der Waals surface area contributed by atoms with Crippen molar-refractivity contribution in [2.75, 3.05) is 11.9 Å². The molecule has 7 nitrogen and oxygen atoms in total. The van der Waals surface area contributed by atoms with E-state index in [9.17, 15) is 9.59 Å². The molecule has 1 saturated carbocycles. The summed E-state index contributed by atoms with van der Waals surface area (Å²) in [7, 11) is 0. The summed E-state index contributed by atoms with van der Waals surface area (Å²) in [5, 5.41) is 11.9. The van der Waals surface area contributed by atoms with E-state index in [0.717, 1.165) is 18.4 Å². The first kappa shape index (κ1) is 21.2. The lowest BCUT2D eigenvalue weighted by Crippen LogP contribution is -2.45. The molecule has 0 aliphatic heterocycles. The minimum absolute atomic E-state index is 0.0258. The number of furan rings is 1. The van der Waals surface area contributed by atoms with Gasteiger partial charge in [-0.25, -0.2) is 4.79 Å². The van der Waals surface area contributed by atoms with Gasteiger partial charge in [-0.15, -0.1) is 0 Å². The normalized spacial score (nSPS) is 12.6. The van der Waals surface area contributed by atoms with Crippen molar-refractivity contribution in [1.29, 1.82) is 5.26 Å². The smallest absolute Gasteiger partial charge is 0.322 e. The van der Waals surface area contributed by atoms with Crippen LogP contribution in [0.25, 0.3) is 0 Å². The maximum atomic E-state index is 13.3. The number of hydrogen-bond acceptors (Lipinski definition) is 4. The van der Waals surface area contributed by atoms with Gasteiger partial charge in [0, 0.05) is 18.3 Å². The van der Waals surface area contributed by atoms with E-state index in [2.05, 4.69) is 11.4 Å². The Morgan fingerprint density at radius 1 is 1.03 bits per heavy atom. The minimum atomic E-state index is -0.339. The molecule has 1 fully saturated rings. The highest BCUT2D eigenvalue weighted by Gasteiger charge is 2.35. The molecular weight excluding hydrogens is 404 g/mol. The Morgan fingerprint density at radius 3 is 2.53 bits per heavy atom. The van der Waals surface area contributed by atoms with Crippen LogP contribution >= 0.6 is 0 Å². The standard InChI is InChI=1S/C25H24N4O3/c26-15-20-8-4-9-21(14-20)27-25(31)29(22-11-12-22)18-24(30)28(17-23-10-5-13-32-23)16-19-6-2-1-3-7-19/h1-10,13-14,22H,11-12,16-18H2,(H,27,31). The number of amides is 3. The van der Waals surface area contributed by atoms with Crippen LogP contribution in [0.15, 0.2) is 77.4 Å².